The molecule has 3 heterocycles. The summed E-state index contributed by atoms with van der Waals surface area (Å²) < 4.78 is 42.8. The lowest BCUT2D eigenvalue weighted by Gasteiger charge is -2.22. The van der Waals surface area contributed by atoms with Crippen molar-refractivity contribution in [3.63, 3.8) is 0 Å². The number of benzene rings is 1. The van der Waals surface area contributed by atoms with E-state index in [-0.39, 0.29) is 54.3 Å². The molecule has 210 valence electrons. The maximum atomic E-state index is 16.1. The molecule has 2 fully saturated rings. The van der Waals surface area contributed by atoms with Crippen molar-refractivity contribution in [2.24, 2.45) is 5.92 Å². The van der Waals surface area contributed by atoms with Crippen LogP contribution in [0.2, 0.25) is 0 Å². The van der Waals surface area contributed by atoms with Crippen molar-refractivity contribution in [3.8, 4) is 0 Å². The number of anilines is 1. The van der Waals surface area contributed by atoms with E-state index in [4.69, 9.17) is 9.47 Å². The van der Waals surface area contributed by atoms with Gasteiger partial charge in [-0.2, -0.15) is 0 Å². The van der Waals surface area contributed by atoms with Crippen LogP contribution in [0.5, 0.6) is 0 Å². The number of hydrogen-bond donors (Lipinski definition) is 1. The Bertz CT molecular complexity index is 1400. The Kier molecular flexibility index (Phi) is 8.41. The summed E-state index contributed by atoms with van der Waals surface area (Å²) in [5.41, 5.74) is -0.753. The molecule has 1 N–H and O–H groups in total. The Balaban J connectivity index is 0.00000353. The van der Waals surface area contributed by atoms with E-state index in [0.717, 1.165) is 24.6 Å². The lowest BCUT2D eigenvalue weighted by molar-refractivity contribution is -0.158. The van der Waals surface area contributed by atoms with Crippen molar-refractivity contribution in [2.45, 2.75) is 45.2 Å². The van der Waals surface area contributed by atoms with E-state index in [1.165, 1.54) is 24.6 Å². The summed E-state index contributed by atoms with van der Waals surface area (Å²) in [4.78, 5) is 53.5. The van der Waals surface area contributed by atoms with Gasteiger partial charge >= 0.3 is 11.9 Å². The van der Waals surface area contributed by atoms with Crippen molar-refractivity contribution in [1.29, 1.82) is 0 Å². The van der Waals surface area contributed by atoms with E-state index in [2.05, 4.69) is 11.4 Å². The molecule has 2 aromatic rings. The molecule has 1 saturated carbocycles. The summed E-state index contributed by atoms with van der Waals surface area (Å²) in [6.45, 7) is 4.35. The van der Waals surface area contributed by atoms with Crippen LogP contribution in [-0.2, 0) is 19.1 Å². The SMILES string of the molecule is CCOC(=O)C(C(=O)OCC)C(=O)c1cn(C2CC2)c2c(F)c(N3CC4=CCCNC4C3)c(F)cc2c1=O.Cl. The van der Waals surface area contributed by atoms with E-state index in [9.17, 15) is 19.2 Å². The summed E-state index contributed by atoms with van der Waals surface area (Å²) in [7, 11) is 0. The lowest BCUT2D eigenvalue weighted by Crippen LogP contribution is -2.37. The second-order valence-corrected chi connectivity index (χ2v) is 9.68. The van der Waals surface area contributed by atoms with E-state index >= 15 is 8.78 Å². The quantitative estimate of drug-likeness (QED) is 0.225. The van der Waals surface area contributed by atoms with Gasteiger partial charge in [-0.3, -0.25) is 19.2 Å². The van der Waals surface area contributed by atoms with Crippen molar-refractivity contribution in [1.82, 2.24) is 9.88 Å². The van der Waals surface area contributed by atoms with Gasteiger partial charge in [0.1, 0.15) is 11.5 Å². The molecule has 0 bridgehead atoms. The molecular formula is C27H30ClF2N3O6. The average Bonchev–Trinajstić information content (AvgIpc) is 3.63. The van der Waals surface area contributed by atoms with Crippen LogP contribution in [0.25, 0.3) is 10.9 Å². The van der Waals surface area contributed by atoms with Gasteiger partial charge in [0.05, 0.1) is 29.7 Å². The Morgan fingerprint density at radius 1 is 1.13 bits per heavy atom. The van der Waals surface area contributed by atoms with E-state index in [1.807, 2.05) is 0 Å². The van der Waals surface area contributed by atoms with E-state index in [0.29, 0.717) is 25.9 Å². The molecule has 9 nitrogen and oxygen atoms in total. The van der Waals surface area contributed by atoms with Gasteiger partial charge in [0.2, 0.25) is 5.92 Å². The maximum Gasteiger partial charge on any atom is 0.328 e. The van der Waals surface area contributed by atoms with Crippen LogP contribution >= 0.6 is 12.4 Å². The van der Waals surface area contributed by atoms with Gasteiger partial charge < -0.3 is 24.3 Å². The van der Waals surface area contributed by atoms with Crippen molar-refractivity contribution >= 4 is 46.7 Å². The second kappa shape index (κ2) is 11.4. The molecule has 1 aromatic carbocycles. The monoisotopic (exact) mass is 565 g/mol. The highest BCUT2D eigenvalue weighted by atomic mass is 35.5. The number of carbonyl (C=O) groups excluding carboxylic acids is 3. The Labute approximate surface area is 229 Å². The molecule has 0 radical (unpaired) electrons. The van der Waals surface area contributed by atoms with Crippen LogP contribution in [0.1, 0.15) is 49.5 Å². The number of esters is 2. The standard InChI is InChI=1S/C27H29F2N3O6.ClH/c1-3-37-26(35)20(27(36)38-4-2)25(34)17-12-32(15-7-8-15)22-16(24(17)33)10-18(28)23(21(22)29)31-11-14-6-5-9-30-19(14)13-31;/h6,10,12,15,19-20,30H,3-5,7-9,11,13H2,1-2H3;1H. The number of Topliss-reactive ketones (excluding diaryl/α,β-unsaturated/α-hetero) is 1. The highest BCUT2D eigenvalue weighted by Gasteiger charge is 2.40. The zero-order valence-electron chi connectivity index (χ0n) is 21.6. The summed E-state index contributed by atoms with van der Waals surface area (Å²) in [6, 6.07) is 0.734. The Morgan fingerprint density at radius 3 is 2.38 bits per heavy atom. The zero-order chi connectivity index (χ0) is 27.1. The third-order valence-electron chi connectivity index (χ3n) is 7.18. The van der Waals surface area contributed by atoms with E-state index in [1.54, 1.807) is 4.90 Å². The van der Waals surface area contributed by atoms with Crippen LogP contribution < -0.4 is 15.6 Å². The zero-order valence-corrected chi connectivity index (χ0v) is 22.4. The minimum Gasteiger partial charge on any atom is -0.465 e. The van der Waals surface area contributed by atoms with Gasteiger partial charge in [0.25, 0.3) is 0 Å². The minimum atomic E-state index is -2.02. The predicted molar refractivity (Wildman–Crippen MR) is 141 cm³/mol. The summed E-state index contributed by atoms with van der Waals surface area (Å²) in [5, 5.41) is 3.02. The minimum absolute atomic E-state index is 0. The molecule has 0 spiro atoms. The number of fused-ring (bicyclic) bond motifs is 2. The molecule has 39 heavy (non-hydrogen) atoms. The molecule has 1 unspecified atom stereocenters. The maximum absolute atomic E-state index is 16.1. The van der Waals surface area contributed by atoms with Gasteiger partial charge in [-0.25, -0.2) is 8.78 Å². The highest BCUT2D eigenvalue weighted by molar-refractivity contribution is 6.21. The smallest absolute Gasteiger partial charge is 0.328 e. The number of halogens is 3. The number of ketones is 1. The fourth-order valence-corrected chi connectivity index (χ4v) is 5.28. The third-order valence-corrected chi connectivity index (χ3v) is 7.18. The highest BCUT2D eigenvalue weighted by Crippen LogP contribution is 2.40. The van der Waals surface area contributed by atoms with Crippen LogP contribution in [0.4, 0.5) is 14.5 Å². The van der Waals surface area contributed by atoms with Crippen LogP contribution in [-0.4, -0.2) is 61.2 Å². The number of nitrogens with zero attached hydrogens (tertiary/aromatic N) is 2. The molecule has 12 heteroatoms. The number of ether oxygens (including phenoxy) is 2. The number of hydrogen-bond acceptors (Lipinski definition) is 8. The largest absolute Gasteiger partial charge is 0.465 e. The molecule has 5 rings (SSSR count). The second-order valence-electron chi connectivity index (χ2n) is 9.68. The number of carbonyl (C=O) groups is 3. The first kappa shape index (κ1) is 28.7. The first-order chi connectivity index (χ1) is 18.3. The summed E-state index contributed by atoms with van der Waals surface area (Å²) in [5.74, 6) is -7.26. The fourth-order valence-electron chi connectivity index (χ4n) is 5.28. The summed E-state index contributed by atoms with van der Waals surface area (Å²) >= 11 is 0. The number of nitrogens with one attached hydrogen (secondary N) is 1. The first-order valence-electron chi connectivity index (χ1n) is 12.9. The van der Waals surface area contributed by atoms with Crippen molar-refractivity contribution in [2.75, 3.05) is 37.7 Å². The van der Waals surface area contributed by atoms with Gasteiger partial charge in [0.15, 0.2) is 17.0 Å². The molecular weight excluding hydrogens is 536 g/mol. The average molecular weight is 566 g/mol. The van der Waals surface area contributed by atoms with Gasteiger partial charge in [-0.15, -0.1) is 12.4 Å². The predicted octanol–water partition coefficient (Wildman–Crippen LogP) is 3.07. The molecule has 1 aliphatic carbocycles. The molecule has 0 amide bonds. The fraction of sp³-hybridized carbons (Fsp3) is 0.481. The van der Waals surface area contributed by atoms with Gasteiger partial charge in [0, 0.05) is 31.4 Å². The number of aromatic nitrogens is 1. The molecule has 1 saturated heterocycles. The van der Waals surface area contributed by atoms with Crippen LogP contribution in [0.15, 0.2) is 28.7 Å². The van der Waals surface area contributed by atoms with E-state index < -0.39 is 46.3 Å². The Hall–Kier alpha value is -3.31. The Morgan fingerprint density at radius 2 is 1.79 bits per heavy atom. The van der Waals surface area contributed by atoms with Crippen LogP contribution in [0, 0.1) is 17.6 Å². The number of rotatable bonds is 8. The molecule has 3 aliphatic rings. The topological polar surface area (TPSA) is 107 Å². The van der Waals surface area contributed by atoms with Gasteiger partial charge in [-0.05, 0) is 51.3 Å². The van der Waals surface area contributed by atoms with Crippen molar-refractivity contribution in [3.05, 3.63) is 51.3 Å². The van der Waals surface area contributed by atoms with Gasteiger partial charge in [-0.1, -0.05) is 6.08 Å². The molecule has 1 atom stereocenters. The van der Waals surface area contributed by atoms with Crippen molar-refractivity contribution < 1.29 is 32.6 Å². The summed E-state index contributed by atoms with van der Waals surface area (Å²) in [6.07, 6.45) is 5.44. The third kappa shape index (κ3) is 5.17. The molecule has 2 aliphatic heterocycles. The van der Waals surface area contributed by atoms with Crippen LogP contribution in [0.3, 0.4) is 0 Å². The first-order valence-corrected chi connectivity index (χ1v) is 12.9. The molecule has 1 aromatic heterocycles. The number of pyridine rings is 1. The lowest BCUT2D eigenvalue weighted by atomic mass is 9.96. The normalized spacial score (nSPS) is 18.4.